The van der Waals surface area contributed by atoms with Gasteiger partial charge in [-0.15, -0.1) is 0 Å². The summed E-state index contributed by atoms with van der Waals surface area (Å²) >= 11 is 0. The van der Waals surface area contributed by atoms with E-state index < -0.39 is 0 Å². The molecule has 19 heavy (non-hydrogen) atoms. The van der Waals surface area contributed by atoms with Gasteiger partial charge < -0.3 is 14.5 Å². The molecule has 0 saturated carbocycles. The van der Waals surface area contributed by atoms with Crippen LogP contribution in [0.5, 0.6) is 0 Å². The summed E-state index contributed by atoms with van der Waals surface area (Å²) in [6, 6.07) is 1.75. The van der Waals surface area contributed by atoms with Gasteiger partial charge in [-0.25, -0.2) is 4.79 Å². The molecule has 0 spiro atoms. The molecule has 0 saturated heterocycles. The standard InChI is InChI=1S/C15H21NO3/c1-11-14(15(17)18-2)9-13(19-11)10-16-8-7-12-5-3-4-6-12/h5,9,16H,3-4,6-8,10H2,1-2H3. The molecule has 1 aromatic rings. The van der Waals surface area contributed by atoms with Gasteiger partial charge in [0.15, 0.2) is 0 Å². The number of ether oxygens (including phenoxy) is 1. The van der Waals surface area contributed by atoms with Crippen molar-refractivity contribution < 1.29 is 13.9 Å². The van der Waals surface area contributed by atoms with E-state index in [4.69, 9.17) is 9.15 Å². The number of hydrogen-bond donors (Lipinski definition) is 1. The van der Waals surface area contributed by atoms with Crippen LogP contribution >= 0.6 is 0 Å². The van der Waals surface area contributed by atoms with Crippen LogP contribution in [0.3, 0.4) is 0 Å². The first-order chi connectivity index (χ1) is 9.20. The lowest BCUT2D eigenvalue weighted by molar-refractivity contribution is 0.0599. The Morgan fingerprint density at radius 3 is 3.05 bits per heavy atom. The van der Waals surface area contributed by atoms with Gasteiger partial charge in [-0.05, 0) is 45.2 Å². The van der Waals surface area contributed by atoms with Crippen molar-refractivity contribution in [2.45, 2.75) is 39.2 Å². The van der Waals surface area contributed by atoms with Crippen LogP contribution in [-0.4, -0.2) is 19.6 Å². The molecule has 1 aromatic heterocycles. The highest BCUT2D eigenvalue weighted by atomic mass is 16.5. The Morgan fingerprint density at radius 2 is 2.37 bits per heavy atom. The van der Waals surface area contributed by atoms with E-state index in [0.717, 1.165) is 18.7 Å². The van der Waals surface area contributed by atoms with Crippen LogP contribution < -0.4 is 5.32 Å². The topological polar surface area (TPSA) is 51.5 Å². The third-order valence-electron chi connectivity index (χ3n) is 3.43. The second-order valence-corrected chi connectivity index (χ2v) is 4.86. The highest BCUT2D eigenvalue weighted by molar-refractivity contribution is 5.90. The fourth-order valence-electron chi connectivity index (χ4n) is 2.37. The van der Waals surface area contributed by atoms with Gasteiger partial charge in [-0.3, -0.25) is 0 Å². The van der Waals surface area contributed by atoms with Crippen molar-refractivity contribution in [3.05, 3.63) is 34.8 Å². The maximum absolute atomic E-state index is 11.4. The SMILES string of the molecule is COC(=O)c1cc(CNCCC2=CCCC2)oc1C. The average Bonchev–Trinajstić information content (AvgIpc) is 3.03. The second-order valence-electron chi connectivity index (χ2n) is 4.86. The van der Waals surface area contributed by atoms with Crippen LogP contribution in [0.25, 0.3) is 0 Å². The lowest BCUT2D eigenvalue weighted by atomic mass is 10.2. The van der Waals surface area contributed by atoms with Crippen LogP contribution in [-0.2, 0) is 11.3 Å². The zero-order valence-corrected chi connectivity index (χ0v) is 11.6. The highest BCUT2D eigenvalue weighted by Crippen LogP contribution is 2.20. The van der Waals surface area contributed by atoms with Gasteiger partial charge in [0.25, 0.3) is 0 Å². The summed E-state index contributed by atoms with van der Waals surface area (Å²) in [7, 11) is 1.38. The molecular weight excluding hydrogens is 242 g/mol. The van der Waals surface area contributed by atoms with Gasteiger partial charge in [0.05, 0.1) is 13.7 Å². The molecule has 0 radical (unpaired) electrons. The number of methoxy groups -OCH3 is 1. The number of furan rings is 1. The fraction of sp³-hybridized carbons (Fsp3) is 0.533. The Morgan fingerprint density at radius 1 is 1.53 bits per heavy atom. The van der Waals surface area contributed by atoms with E-state index in [-0.39, 0.29) is 5.97 Å². The zero-order valence-electron chi connectivity index (χ0n) is 11.6. The summed E-state index contributed by atoms with van der Waals surface area (Å²) in [5.74, 6) is 1.05. The Labute approximate surface area is 113 Å². The first-order valence-corrected chi connectivity index (χ1v) is 6.77. The van der Waals surface area contributed by atoms with E-state index in [9.17, 15) is 4.79 Å². The zero-order chi connectivity index (χ0) is 13.7. The van der Waals surface area contributed by atoms with Crippen LogP contribution in [0.2, 0.25) is 0 Å². The monoisotopic (exact) mass is 263 g/mol. The number of carbonyl (C=O) groups is 1. The molecule has 2 rings (SSSR count). The number of allylic oxidation sites excluding steroid dienone is 1. The highest BCUT2D eigenvalue weighted by Gasteiger charge is 2.14. The number of aryl methyl sites for hydroxylation is 1. The van der Waals surface area contributed by atoms with Gasteiger partial charge in [0.1, 0.15) is 17.1 Å². The van der Waals surface area contributed by atoms with Gasteiger partial charge in [-0.2, -0.15) is 0 Å². The summed E-state index contributed by atoms with van der Waals surface area (Å²) < 4.78 is 10.2. The fourth-order valence-corrected chi connectivity index (χ4v) is 2.37. The van der Waals surface area contributed by atoms with Gasteiger partial charge in [-0.1, -0.05) is 11.6 Å². The van der Waals surface area contributed by atoms with E-state index in [1.54, 1.807) is 18.6 Å². The molecule has 1 N–H and O–H groups in total. The lowest BCUT2D eigenvalue weighted by Gasteiger charge is -2.03. The van der Waals surface area contributed by atoms with Gasteiger partial charge in [0, 0.05) is 0 Å². The first kappa shape index (κ1) is 13.9. The van der Waals surface area contributed by atoms with Crippen molar-refractivity contribution in [2.75, 3.05) is 13.7 Å². The summed E-state index contributed by atoms with van der Waals surface area (Å²) in [6.45, 7) is 3.36. The molecule has 104 valence electrons. The Hall–Kier alpha value is -1.55. The predicted octanol–water partition coefficient (Wildman–Crippen LogP) is 2.96. The van der Waals surface area contributed by atoms with Crippen molar-refractivity contribution in [1.82, 2.24) is 5.32 Å². The minimum absolute atomic E-state index is 0.344. The van der Waals surface area contributed by atoms with Crippen LogP contribution in [0.4, 0.5) is 0 Å². The molecule has 4 nitrogen and oxygen atoms in total. The molecule has 4 heteroatoms. The minimum atomic E-state index is -0.344. The van der Waals surface area contributed by atoms with E-state index >= 15 is 0 Å². The molecule has 0 fully saturated rings. The summed E-state index contributed by atoms with van der Waals surface area (Å²) in [4.78, 5) is 11.4. The van der Waals surface area contributed by atoms with Crippen LogP contribution in [0.15, 0.2) is 22.1 Å². The summed E-state index contributed by atoms with van der Waals surface area (Å²) in [5, 5.41) is 3.34. The van der Waals surface area contributed by atoms with Crippen molar-refractivity contribution >= 4 is 5.97 Å². The number of rotatable bonds is 6. The Balaban J connectivity index is 1.78. The van der Waals surface area contributed by atoms with Gasteiger partial charge in [0.2, 0.25) is 0 Å². The molecule has 0 aliphatic heterocycles. The average molecular weight is 263 g/mol. The quantitative estimate of drug-likeness (QED) is 0.487. The number of esters is 1. The Kier molecular flexibility index (Phi) is 4.80. The second kappa shape index (κ2) is 6.57. The third-order valence-corrected chi connectivity index (χ3v) is 3.43. The maximum Gasteiger partial charge on any atom is 0.341 e. The molecule has 1 aliphatic rings. The molecule has 1 heterocycles. The molecule has 0 amide bonds. The molecule has 1 aliphatic carbocycles. The Bertz CT molecular complexity index is 474. The maximum atomic E-state index is 11.4. The molecule has 0 bridgehead atoms. The number of nitrogens with one attached hydrogen (secondary N) is 1. The van der Waals surface area contributed by atoms with E-state index in [1.807, 2.05) is 0 Å². The summed E-state index contributed by atoms with van der Waals surface area (Å²) in [5.41, 5.74) is 2.07. The first-order valence-electron chi connectivity index (χ1n) is 6.77. The van der Waals surface area contributed by atoms with Crippen LogP contribution in [0.1, 0.15) is 47.6 Å². The van der Waals surface area contributed by atoms with Crippen molar-refractivity contribution in [1.29, 1.82) is 0 Å². The van der Waals surface area contributed by atoms with E-state index in [0.29, 0.717) is 17.9 Å². The third kappa shape index (κ3) is 3.70. The summed E-state index contributed by atoms with van der Waals surface area (Å²) in [6.07, 6.45) is 7.22. The van der Waals surface area contributed by atoms with E-state index in [1.165, 1.54) is 26.4 Å². The number of carbonyl (C=O) groups excluding carboxylic acids is 1. The van der Waals surface area contributed by atoms with E-state index in [2.05, 4.69) is 11.4 Å². The molecule has 0 aromatic carbocycles. The van der Waals surface area contributed by atoms with Crippen molar-refractivity contribution in [2.24, 2.45) is 0 Å². The number of hydrogen-bond acceptors (Lipinski definition) is 4. The van der Waals surface area contributed by atoms with Crippen molar-refractivity contribution in [3.8, 4) is 0 Å². The lowest BCUT2D eigenvalue weighted by Crippen LogP contribution is -2.14. The largest absolute Gasteiger partial charge is 0.465 e. The van der Waals surface area contributed by atoms with Crippen LogP contribution in [0, 0.1) is 6.92 Å². The predicted molar refractivity (Wildman–Crippen MR) is 73.0 cm³/mol. The normalized spacial score (nSPS) is 14.5. The minimum Gasteiger partial charge on any atom is -0.465 e. The van der Waals surface area contributed by atoms with Crippen molar-refractivity contribution in [3.63, 3.8) is 0 Å². The molecule has 0 atom stereocenters. The molecule has 0 unspecified atom stereocenters. The van der Waals surface area contributed by atoms with Gasteiger partial charge >= 0.3 is 5.97 Å². The smallest absolute Gasteiger partial charge is 0.341 e. The molecular formula is C15H21NO3.